The lowest BCUT2D eigenvalue weighted by atomic mass is 10.2. The van der Waals surface area contributed by atoms with Gasteiger partial charge in [-0.05, 0) is 44.0 Å². The van der Waals surface area contributed by atoms with E-state index in [2.05, 4.69) is 22.4 Å². The van der Waals surface area contributed by atoms with Gasteiger partial charge in [0.1, 0.15) is 17.4 Å². The van der Waals surface area contributed by atoms with Crippen LogP contribution in [0, 0.1) is 12.8 Å². The first-order valence-electron chi connectivity index (χ1n) is 8.74. The lowest BCUT2D eigenvalue weighted by Gasteiger charge is -2.07. The van der Waals surface area contributed by atoms with Gasteiger partial charge in [-0.15, -0.1) is 11.3 Å². The highest BCUT2D eigenvalue weighted by atomic mass is 32.1. The Morgan fingerprint density at radius 2 is 1.88 bits per heavy atom. The topological polar surface area (TPSA) is 51.2 Å². The van der Waals surface area contributed by atoms with E-state index in [0.717, 1.165) is 45.4 Å². The molecule has 1 heterocycles. The van der Waals surface area contributed by atoms with E-state index in [4.69, 9.17) is 4.74 Å². The van der Waals surface area contributed by atoms with E-state index in [9.17, 15) is 4.79 Å². The molecule has 0 bridgehead atoms. The predicted octanol–water partition coefficient (Wildman–Crippen LogP) is 5.05. The first-order valence-corrected chi connectivity index (χ1v) is 9.56. The summed E-state index contributed by atoms with van der Waals surface area (Å²) in [7, 11) is 0. The molecule has 1 N–H and O–H groups in total. The molecule has 2 aromatic carbocycles. The minimum absolute atomic E-state index is 0.118. The van der Waals surface area contributed by atoms with Crippen molar-refractivity contribution in [2.75, 3.05) is 5.32 Å². The molecule has 0 saturated heterocycles. The molecule has 1 fully saturated rings. The van der Waals surface area contributed by atoms with Gasteiger partial charge in [0.25, 0.3) is 0 Å². The zero-order valence-corrected chi connectivity index (χ0v) is 15.4. The van der Waals surface area contributed by atoms with Crippen LogP contribution in [-0.2, 0) is 11.4 Å². The second-order valence-corrected chi connectivity index (χ2v) is 7.55. The van der Waals surface area contributed by atoms with Gasteiger partial charge < -0.3 is 10.1 Å². The number of aromatic nitrogens is 1. The average molecular weight is 364 g/mol. The molecule has 0 aliphatic heterocycles. The van der Waals surface area contributed by atoms with Crippen LogP contribution >= 0.6 is 11.3 Å². The highest BCUT2D eigenvalue weighted by Crippen LogP contribution is 2.31. The van der Waals surface area contributed by atoms with Gasteiger partial charge in [0.05, 0.1) is 10.6 Å². The lowest BCUT2D eigenvalue weighted by molar-refractivity contribution is -0.117. The number of ether oxygens (including phenoxy) is 1. The van der Waals surface area contributed by atoms with Crippen LogP contribution in [-0.4, -0.2) is 10.9 Å². The van der Waals surface area contributed by atoms with Gasteiger partial charge in [-0.3, -0.25) is 4.79 Å². The molecule has 132 valence electrons. The van der Waals surface area contributed by atoms with Crippen LogP contribution in [0.15, 0.2) is 54.6 Å². The lowest BCUT2D eigenvalue weighted by Crippen LogP contribution is -2.13. The van der Waals surface area contributed by atoms with Gasteiger partial charge >= 0.3 is 0 Å². The number of amides is 1. The third-order valence-corrected chi connectivity index (χ3v) is 5.53. The monoisotopic (exact) mass is 364 g/mol. The third-order valence-electron chi connectivity index (χ3n) is 4.35. The second kappa shape index (κ2) is 7.30. The Balaban J connectivity index is 1.38. The van der Waals surface area contributed by atoms with Gasteiger partial charge in [-0.2, -0.15) is 0 Å². The highest BCUT2D eigenvalue weighted by Gasteiger charge is 2.29. The summed E-state index contributed by atoms with van der Waals surface area (Å²) >= 11 is 1.66. The smallest absolute Gasteiger partial charge is 0.227 e. The van der Waals surface area contributed by atoms with Crippen LogP contribution in [0.25, 0.3) is 10.6 Å². The number of anilines is 1. The van der Waals surface area contributed by atoms with E-state index >= 15 is 0 Å². The molecule has 3 aromatic rings. The molecule has 1 aliphatic carbocycles. The van der Waals surface area contributed by atoms with Crippen LogP contribution in [0.4, 0.5) is 5.69 Å². The molecule has 0 unspecified atom stereocenters. The summed E-state index contributed by atoms with van der Waals surface area (Å²) in [5.74, 6) is 1.11. The van der Waals surface area contributed by atoms with Crippen molar-refractivity contribution in [2.24, 2.45) is 5.92 Å². The summed E-state index contributed by atoms with van der Waals surface area (Å²) < 4.78 is 5.90. The molecule has 1 saturated carbocycles. The molecule has 1 aliphatic rings. The van der Waals surface area contributed by atoms with Crippen molar-refractivity contribution >= 4 is 22.9 Å². The molecule has 0 atom stereocenters. The zero-order valence-electron chi connectivity index (χ0n) is 14.6. The molecular formula is C21H20N2O2S. The van der Waals surface area contributed by atoms with Gasteiger partial charge in [0.15, 0.2) is 0 Å². The number of benzene rings is 2. The van der Waals surface area contributed by atoms with Crippen molar-refractivity contribution in [3.05, 3.63) is 65.2 Å². The summed E-state index contributed by atoms with van der Waals surface area (Å²) in [5, 5.41) is 3.95. The van der Waals surface area contributed by atoms with Gasteiger partial charge in [0.2, 0.25) is 5.91 Å². The number of hydrogen-bond donors (Lipinski definition) is 1. The fraction of sp³-hybridized carbons (Fsp3) is 0.238. The minimum Gasteiger partial charge on any atom is -0.488 e. The zero-order chi connectivity index (χ0) is 17.9. The van der Waals surface area contributed by atoms with E-state index in [1.54, 1.807) is 11.3 Å². The van der Waals surface area contributed by atoms with Crippen LogP contribution in [0.1, 0.15) is 23.4 Å². The number of nitrogens with one attached hydrogen (secondary N) is 1. The summed E-state index contributed by atoms with van der Waals surface area (Å²) in [5.41, 5.74) is 2.94. The maximum absolute atomic E-state index is 11.8. The molecule has 26 heavy (non-hydrogen) atoms. The number of rotatable bonds is 6. The fourth-order valence-corrected chi connectivity index (χ4v) is 3.62. The van der Waals surface area contributed by atoms with Gasteiger partial charge in [-0.25, -0.2) is 4.98 Å². The number of aryl methyl sites for hydroxylation is 1. The van der Waals surface area contributed by atoms with Crippen molar-refractivity contribution in [3.63, 3.8) is 0 Å². The van der Waals surface area contributed by atoms with Crippen LogP contribution in [0.5, 0.6) is 5.75 Å². The van der Waals surface area contributed by atoms with Crippen molar-refractivity contribution in [2.45, 2.75) is 26.4 Å². The number of carbonyl (C=O) groups excluding carboxylic acids is 1. The maximum Gasteiger partial charge on any atom is 0.227 e. The normalized spacial score (nSPS) is 13.4. The number of thiazole rings is 1. The molecular weight excluding hydrogens is 344 g/mol. The van der Waals surface area contributed by atoms with Gasteiger partial charge in [-0.1, -0.05) is 30.3 Å². The minimum atomic E-state index is 0.118. The molecule has 1 amide bonds. The first-order chi connectivity index (χ1) is 12.7. The Bertz CT molecular complexity index is 900. The van der Waals surface area contributed by atoms with E-state index in [-0.39, 0.29) is 11.8 Å². The van der Waals surface area contributed by atoms with Crippen LogP contribution < -0.4 is 10.1 Å². The summed E-state index contributed by atoms with van der Waals surface area (Å²) in [6.07, 6.45) is 2.01. The summed E-state index contributed by atoms with van der Waals surface area (Å²) in [4.78, 5) is 17.6. The van der Waals surface area contributed by atoms with E-state index < -0.39 is 0 Å². The summed E-state index contributed by atoms with van der Waals surface area (Å²) in [6.45, 7) is 2.50. The Morgan fingerprint density at radius 1 is 1.15 bits per heavy atom. The highest BCUT2D eigenvalue weighted by molar-refractivity contribution is 7.15. The maximum atomic E-state index is 11.8. The van der Waals surface area contributed by atoms with Crippen molar-refractivity contribution < 1.29 is 9.53 Å². The number of nitrogens with zero attached hydrogens (tertiary/aromatic N) is 1. The molecule has 1 aromatic heterocycles. The third kappa shape index (κ3) is 3.94. The largest absolute Gasteiger partial charge is 0.488 e. The van der Waals surface area contributed by atoms with Crippen molar-refractivity contribution in [1.82, 2.24) is 4.98 Å². The van der Waals surface area contributed by atoms with E-state index in [1.165, 1.54) is 0 Å². The molecule has 0 radical (unpaired) electrons. The van der Waals surface area contributed by atoms with Crippen LogP contribution in [0.2, 0.25) is 0 Å². The van der Waals surface area contributed by atoms with E-state index in [0.29, 0.717) is 6.61 Å². The Hall–Kier alpha value is -2.66. The number of hydrogen-bond acceptors (Lipinski definition) is 4. The Morgan fingerprint density at radius 3 is 2.58 bits per heavy atom. The Labute approximate surface area is 156 Å². The fourth-order valence-electron chi connectivity index (χ4n) is 2.64. The van der Waals surface area contributed by atoms with Crippen molar-refractivity contribution in [1.29, 1.82) is 0 Å². The van der Waals surface area contributed by atoms with Gasteiger partial charge in [0, 0.05) is 17.2 Å². The first kappa shape index (κ1) is 16.8. The molecule has 5 heteroatoms. The predicted molar refractivity (Wildman–Crippen MR) is 104 cm³/mol. The van der Waals surface area contributed by atoms with Crippen molar-refractivity contribution in [3.8, 4) is 16.3 Å². The second-order valence-electron chi connectivity index (χ2n) is 6.47. The number of carbonyl (C=O) groups is 1. The SMILES string of the molecule is Cc1nc(-c2ccccc2)sc1COc1ccc(NC(=O)C2CC2)cc1. The standard InChI is InChI=1S/C21H20N2O2S/c1-14-19(26-21(22-14)16-5-3-2-4-6-16)13-25-18-11-9-17(10-12-18)23-20(24)15-7-8-15/h2-6,9-12,15H,7-8,13H2,1H3,(H,23,24). The van der Waals surface area contributed by atoms with Crippen LogP contribution in [0.3, 0.4) is 0 Å². The van der Waals surface area contributed by atoms with E-state index in [1.807, 2.05) is 49.4 Å². The molecule has 4 nitrogen and oxygen atoms in total. The summed E-state index contributed by atoms with van der Waals surface area (Å²) in [6, 6.07) is 17.7. The Kier molecular flexibility index (Phi) is 4.71. The molecule has 0 spiro atoms. The molecule has 4 rings (SSSR count). The average Bonchev–Trinajstić information content (AvgIpc) is 3.45. The quantitative estimate of drug-likeness (QED) is 0.666.